The van der Waals surface area contributed by atoms with E-state index in [0.29, 0.717) is 24.7 Å². The third-order valence-electron chi connectivity index (χ3n) is 4.77. The van der Waals surface area contributed by atoms with Crippen molar-refractivity contribution in [3.8, 4) is 0 Å². The average Bonchev–Trinajstić information content (AvgIpc) is 2.61. The molecule has 0 radical (unpaired) electrons. The van der Waals surface area contributed by atoms with Crippen LogP contribution in [0, 0.1) is 11.8 Å². The van der Waals surface area contributed by atoms with Gasteiger partial charge in [0.05, 0.1) is 11.2 Å². The van der Waals surface area contributed by atoms with Crippen LogP contribution >= 0.6 is 0 Å². The Bertz CT molecular complexity index is 481. The maximum Gasteiger partial charge on any atom is 0.416 e. The van der Waals surface area contributed by atoms with Crippen LogP contribution in [0.5, 0.6) is 0 Å². The third-order valence-corrected chi connectivity index (χ3v) is 4.77. The summed E-state index contributed by atoms with van der Waals surface area (Å²) in [6.45, 7) is 4.28. The van der Waals surface area contributed by atoms with Gasteiger partial charge in [-0.25, -0.2) is 0 Å². The standard InChI is InChI=1S/C17H23F3O/c1-12(2)13-6-5-10-16(21,11-9-13)14-7-3-4-8-15(14)17(18,19)20/h3-4,7-8,12-13,21H,5-6,9-11H2,1-2H3. The van der Waals surface area contributed by atoms with Gasteiger partial charge >= 0.3 is 6.18 Å². The van der Waals surface area contributed by atoms with Crippen molar-refractivity contribution in [1.82, 2.24) is 0 Å². The molecule has 0 aliphatic heterocycles. The van der Waals surface area contributed by atoms with Gasteiger partial charge in [-0.2, -0.15) is 13.2 Å². The molecule has 0 aromatic heterocycles. The van der Waals surface area contributed by atoms with E-state index in [1.54, 1.807) is 6.07 Å². The Morgan fingerprint density at radius 3 is 2.43 bits per heavy atom. The monoisotopic (exact) mass is 300 g/mol. The van der Waals surface area contributed by atoms with Crippen LogP contribution < -0.4 is 0 Å². The van der Waals surface area contributed by atoms with Gasteiger partial charge in [0.1, 0.15) is 0 Å². The molecule has 1 fully saturated rings. The number of aliphatic hydroxyl groups is 1. The summed E-state index contributed by atoms with van der Waals surface area (Å²) in [7, 11) is 0. The van der Waals surface area contributed by atoms with E-state index in [-0.39, 0.29) is 5.56 Å². The highest BCUT2D eigenvalue weighted by molar-refractivity contribution is 5.34. The highest BCUT2D eigenvalue weighted by Gasteiger charge is 2.41. The molecule has 0 spiro atoms. The van der Waals surface area contributed by atoms with Crippen LogP contribution in [0.25, 0.3) is 0 Å². The van der Waals surface area contributed by atoms with Crippen LogP contribution in [0.1, 0.15) is 57.1 Å². The molecule has 2 rings (SSSR count). The van der Waals surface area contributed by atoms with Crippen molar-refractivity contribution in [1.29, 1.82) is 0 Å². The molecule has 1 aromatic rings. The van der Waals surface area contributed by atoms with E-state index >= 15 is 0 Å². The molecule has 0 heterocycles. The molecule has 1 saturated carbocycles. The maximum atomic E-state index is 13.2. The highest BCUT2D eigenvalue weighted by atomic mass is 19.4. The van der Waals surface area contributed by atoms with Gasteiger partial charge in [0.15, 0.2) is 0 Å². The van der Waals surface area contributed by atoms with E-state index in [1.165, 1.54) is 12.1 Å². The quantitative estimate of drug-likeness (QED) is 0.751. The molecular weight excluding hydrogens is 277 g/mol. The van der Waals surface area contributed by atoms with Gasteiger partial charge in [0, 0.05) is 0 Å². The van der Waals surface area contributed by atoms with Crippen LogP contribution in [0.15, 0.2) is 24.3 Å². The van der Waals surface area contributed by atoms with Gasteiger partial charge in [-0.1, -0.05) is 38.5 Å². The van der Waals surface area contributed by atoms with Gasteiger partial charge in [0.2, 0.25) is 0 Å². The van der Waals surface area contributed by atoms with Crippen LogP contribution in [-0.4, -0.2) is 5.11 Å². The van der Waals surface area contributed by atoms with Crippen LogP contribution in [0.2, 0.25) is 0 Å². The molecule has 1 aromatic carbocycles. The van der Waals surface area contributed by atoms with Crippen LogP contribution in [0.3, 0.4) is 0 Å². The molecule has 0 saturated heterocycles. The lowest BCUT2D eigenvalue weighted by atomic mass is 9.82. The largest absolute Gasteiger partial charge is 0.416 e. The van der Waals surface area contributed by atoms with Crippen molar-refractivity contribution >= 4 is 0 Å². The Kier molecular flexibility index (Phi) is 4.66. The number of hydrogen-bond acceptors (Lipinski definition) is 1. The Labute approximate surface area is 124 Å². The zero-order valence-electron chi connectivity index (χ0n) is 12.6. The van der Waals surface area contributed by atoms with Crippen molar-refractivity contribution in [3.63, 3.8) is 0 Å². The Morgan fingerprint density at radius 1 is 1.14 bits per heavy atom. The highest BCUT2D eigenvalue weighted by Crippen LogP contribution is 2.44. The van der Waals surface area contributed by atoms with Gasteiger partial charge in [-0.15, -0.1) is 0 Å². The average molecular weight is 300 g/mol. The minimum Gasteiger partial charge on any atom is -0.385 e. The summed E-state index contributed by atoms with van der Waals surface area (Å²) < 4.78 is 39.5. The minimum atomic E-state index is -4.42. The van der Waals surface area contributed by atoms with E-state index in [1.807, 2.05) is 0 Å². The van der Waals surface area contributed by atoms with E-state index in [4.69, 9.17) is 0 Å². The van der Waals surface area contributed by atoms with E-state index in [9.17, 15) is 18.3 Å². The lowest BCUT2D eigenvalue weighted by molar-refractivity contribution is -0.141. The minimum absolute atomic E-state index is 0.0434. The second-order valence-electron chi connectivity index (χ2n) is 6.51. The van der Waals surface area contributed by atoms with Gasteiger partial charge < -0.3 is 5.11 Å². The Morgan fingerprint density at radius 2 is 1.81 bits per heavy atom. The van der Waals surface area contributed by atoms with Gasteiger partial charge in [0.25, 0.3) is 0 Å². The van der Waals surface area contributed by atoms with E-state index in [0.717, 1.165) is 25.3 Å². The lowest BCUT2D eigenvalue weighted by Crippen LogP contribution is -2.28. The zero-order chi connectivity index (χ0) is 15.7. The first-order valence-electron chi connectivity index (χ1n) is 7.63. The van der Waals surface area contributed by atoms with Gasteiger partial charge in [-0.3, -0.25) is 0 Å². The molecule has 2 unspecified atom stereocenters. The molecule has 1 N–H and O–H groups in total. The predicted molar refractivity (Wildman–Crippen MR) is 76.8 cm³/mol. The summed E-state index contributed by atoms with van der Waals surface area (Å²) in [5, 5.41) is 10.9. The molecule has 0 bridgehead atoms. The fourth-order valence-corrected chi connectivity index (χ4v) is 3.42. The van der Waals surface area contributed by atoms with Crippen LogP contribution in [0.4, 0.5) is 13.2 Å². The molecule has 118 valence electrons. The molecule has 1 aliphatic rings. The van der Waals surface area contributed by atoms with Crippen molar-refractivity contribution in [2.45, 2.75) is 57.7 Å². The predicted octanol–water partition coefficient (Wildman–Crippen LogP) is 5.13. The molecule has 4 heteroatoms. The first-order chi connectivity index (χ1) is 9.74. The first kappa shape index (κ1) is 16.3. The summed E-state index contributed by atoms with van der Waals surface area (Å²) in [5.41, 5.74) is -2.01. The maximum absolute atomic E-state index is 13.2. The molecule has 1 nitrogen and oxygen atoms in total. The first-order valence-corrected chi connectivity index (χ1v) is 7.63. The number of hydrogen-bond donors (Lipinski definition) is 1. The molecule has 1 aliphatic carbocycles. The Hall–Kier alpha value is -1.03. The van der Waals surface area contributed by atoms with Crippen LogP contribution in [-0.2, 0) is 11.8 Å². The molecular formula is C17H23F3O. The summed E-state index contributed by atoms with van der Waals surface area (Å²) in [6, 6.07) is 5.45. The smallest absolute Gasteiger partial charge is 0.385 e. The number of benzene rings is 1. The molecule has 2 atom stereocenters. The van der Waals surface area contributed by atoms with Crippen molar-refractivity contribution in [2.75, 3.05) is 0 Å². The number of rotatable bonds is 2. The second-order valence-corrected chi connectivity index (χ2v) is 6.51. The summed E-state index contributed by atoms with van der Waals surface area (Å²) in [5.74, 6) is 0.988. The summed E-state index contributed by atoms with van der Waals surface area (Å²) >= 11 is 0. The summed E-state index contributed by atoms with van der Waals surface area (Å²) in [6.07, 6.45) is -1.08. The van der Waals surface area contributed by atoms with Crippen molar-refractivity contribution < 1.29 is 18.3 Å². The van der Waals surface area contributed by atoms with E-state index < -0.39 is 17.3 Å². The second kappa shape index (κ2) is 5.99. The molecule has 0 amide bonds. The van der Waals surface area contributed by atoms with Crippen molar-refractivity contribution in [2.24, 2.45) is 11.8 Å². The van der Waals surface area contributed by atoms with Crippen molar-refractivity contribution in [3.05, 3.63) is 35.4 Å². The molecule has 21 heavy (non-hydrogen) atoms. The van der Waals surface area contributed by atoms with Gasteiger partial charge in [-0.05, 0) is 49.1 Å². The zero-order valence-corrected chi connectivity index (χ0v) is 12.6. The lowest BCUT2D eigenvalue weighted by Gasteiger charge is -2.30. The fraction of sp³-hybridized carbons (Fsp3) is 0.647. The number of alkyl halides is 3. The van der Waals surface area contributed by atoms with E-state index in [2.05, 4.69) is 13.8 Å². The SMILES string of the molecule is CC(C)C1CCCC(O)(c2ccccc2C(F)(F)F)CC1. The number of halogens is 3. The normalized spacial score (nSPS) is 27.7. The summed E-state index contributed by atoms with van der Waals surface area (Å²) in [4.78, 5) is 0. The topological polar surface area (TPSA) is 20.2 Å². The third kappa shape index (κ3) is 3.60. The fourth-order valence-electron chi connectivity index (χ4n) is 3.42. The Balaban J connectivity index is 2.33.